The Morgan fingerprint density at radius 2 is 2.47 bits per heavy atom. The zero-order valence-corrected chi connectivity index (χ0v) is 8.73. The van der Waals surface area contributed by atoms with Crippen LogP contribution < -0.4 is 11.1 Å². The average Bonchev–Trinajstić information content (AvgIpc) is 2.77. The number of carbonyl (C=O) groups is 1. The number of fused-ring (bicyclic) bond motifs is 1. The molecule has 1 atom stereocenters. The second kappa shape index (κ2) is 3.98. The van der Waals surface area contributed by atoms with Crippen LogP contribution in [0.4, 0.5) is 0 Å². The normalized spacial score (nSPS) is 16.1. The van der Waals surface area contributed by atoms with Gasteiger partial charge in [0, 0.05) is 13.0 Å². The second-order valence-corrected chi connectivity index (χ2v) is 3.72. The van der Waals surface area contributed by atoms with E-state index < -0.39 is 0 Å². The molecule has 0 spiro atoms. The Kier molecular flexibility index (Phi) is 2.68. The highest BCUT2D eigenvalue weighted by Gasteiger charge is 2.21. The number of nitrogens with one attached hydrogen (secondary N) is 1. The van der Waals surface area contributed by atoms with Gasteiger partial charge in [-0.1, -0.05) is 0 Å². The lowest BCUT2D eigenvalue weighted by Gasteiger charge is -2.12. The third-order valence-corrected chi connectivity index (χ3v) is 2.59. The Morgan fingerprint density at radius 3 is 3.20 bits per heavy atom. The van der Waals surface area contributed by atoms with Crippen LogP contribution >= 0.6 is 0 Å². The molecule has 0 saturated heterocycles. The fourth-order valence-electron chi connectivity index (χ4n) is 1.86. The second-order valence-electron chi connectivity index (χ2n) is 3.72. The molecule has 2 heterocycles. The lowest BCUT2D eigenvalue weighted by molar-refractivity contribution is -0.120. The maximum atomic E-state index is 11.1. The summed E-state index contributed by atoms with van der Waals surface area (Å²) in [7, 11) is 0. The summed E-state index contributed by atoms with van der Waals surface area (Å²) in [5.41, 5.74) is 5.23. The standard InChI is InChI=1S/C9H15N5O/c1-6(11-8(15)5-10)9-13-12-7-3-2-4-14(7)9/h6H,2-5,10H2,1H3,(H,11,15). The van der Waals surface area contributed by atoms with Gasteiger partial charge < -0.3 is 15.6 Å². The number of rotatable bonds is 3. The minimum absolute atomic E-state index is 0.00529. The smallest absolute Gasteiger partial charge is 0.234 e. The molecular weight excluding hydrogens is 194 g/mol. The molecule has 2 rings (SSSR count). The van der Waals surface area contributed by atoms with Crippen molar-refractivity contribution in [3.8, 4) is 0 Å². The molecule has 1 aromatic rings. The number of nitrogens with two attached hydrogens (primary N) is 1. The summed E-state index contributed by atoms with van der Waals surface area (Å²) in [6.45, 7) is 2.84. The van der Waals surface area contributed by atoms with Crippen molar-refractivity contribution in [2.75, 3.05) is 6.54 Å². The highest BCUT2D eigenvalue weighted by molar-refractivity contribution is 5.78. The van der Waals surface area contributed by atoms with Crippen molar-refractivity contribution >= 4 is 5.91 Å². The maximum absolute atomic E-state index is 11.1. The van der Waals surface area contributed by atoms with Crippen molar-refractivity contribution in [3.05, 3.63) is 11.6 Å². The number of aryl methyl sites for hydroxylation is 1. The molecule has 0 aromatic carbocycles. The van der Waals surface area contributed by atoms with E-state index in [0.717, 1.165) is 31.0 Å². The Morgan fingerprint density at radius 1 is 1.67 bits per heavy atom. The number of carbonyl (C=O) groups excluding carboxylic acids is 1. The molecule has 0 saturated carbocycles. The van der Waals surface area contributed by atoms with E-state index in [9.17, 15) is 4.79 Å². The molecule has 1 amide bonds. The molecule has 82 valence electrons. The van der Waals surface area contributed by atoms with E-state index in [1.54, 1.807) is 0 Å². The van der Waals surface area contributed by atoms with Crippen LogP contribution in [0.25, 0.3) is 0 Å². The highest BCUT2D eigenvalue weighted by atomic mass is 16.1. The molecule has 6 heteroatoms. The first kappa shape index (κ1) is 10.1. The van der Waals surface area contributed by atoms with Crippen LogP contribution in [0.5, 0.6) is 0 Å². The minimum atomic E-state index is -0.169. The van der Waals surface area contributed by atoms with Crippen LogP contribution in [0.1, 0.15) is 31.0 Å². The SMILES string of the molecule is CC(NC(=O)CN)c1nnc2n1CCC2. The zero-order chi connectivity index (χ0) is 10.8. The minimum Gasteiger partial charge on any atom is -0.345 e. The highest BCUT2D eigenvalue weighted by Crippen LogP contribution is 2.18. The van der Waals surface area contributed by atoms with Crippen molar-refractivity contribution < 1.29 is 4.79 Å². The van der Waals surface area contributed by atoms with Gasteiger partial charge in [-0.25, -0.2) is 0 Å². The molecule has 3 N–H and O–H groups in total. The lowest BCUT2D eigenvalue weighted by Crippen LogP contribution is -2.33. The van der Waals surface area contributed by atoms with Gasteiger partial charge in [-0.2, -0.15) is 0 Å². The Bertz CT molecular complexity index is 373. The molecule has 0 fully saturated rings. The molecule has 0 bridgehead atoms. The van der Waals surface area contributed by atoms with Crippen LogP contribution in [0.15, 0.2) is 0 Å². The first-order valence-electron chi connectivity index (χ1n) is 5.13. The van der Waals surface area contributed by atoms with Gasteiger partial charge in [0.2, 0.25) is 5.91 Å². The molecule has 1 aromatic heterocycles. The van der Waals surface area contributed by atoms with Crippen LogP contribution in [0.3, 0.4) is 0 Å². The summed E-state index contributed by atoms with van der Waals surface area (Å²) >= 11 is 0. The number of nitrogens with zero attached hydrogens (tertiary/aromatic N) is 3. The zero-order valence-electron chi connectivity index (χ0n) is 8.73. The van der Waals surface area contributed by atoms with E-state index in [0.29, 0.717) is 0 Å². The van der Waals surface area contributed by atoms with Crippen molar-refractivity contribution in [1.29, 1.82) is 0 Å². The van der Waals surface area contributed by atoms with E-state index in [1.807, 2.05) is 6.92 Å². The fraction of sp³-hybridized carbons (Fsp3) is 0.667. The number of amides is 1. The monoisotopic (exact) mass is 209 g/mol. The first-order valence-corrected chi connectivity index (χ1v) is 5.13. The maximum Gasteiger partial charge on any atom is 0.234 e. The van der Waals surface area contributed by atoms with Crippen molar-refractivity contribution in [3.63, 3.8) is 0 Å². The lowest BCUT2D eigenvalue weighted by atomic mass is 10.3. The summed E-state index contributed by atoms with van der Waals surface area (Å²) in [6, 6.07) is -0.125. The summed E-state index contributed by atoms with van der Waals surface area (Å²) in [6.07, 6.45) is 2.08. The summed E-state index contributed by atoms with van der Waals surface area (Å²) in [4.78, 5) is 11.1. The molecular formula is C9H15N5O. The molecule has 6 nitrogen and oxygen atoms in total. The van der Waals surface area contributed by atoms with Crippen molar-refractivity contribution in [2.45, 2.75) is 32.4 Å². The fourth-order valence-corrected chi connectivity index (χ4v) is 1.86. The topological polar surface area (TPSA) is 85.8 Å². The Labute approximate surface area is 87.9 Å². The summed E-state index contributed by atoms with van der Waals surface area (Å²) in [5.74, 6) is 1.67. The third-order valence-electron chi connectivity index (χ3n) is 2.59. The number of aromatic nitrogens is 3. The molecule has 1 aliphatic heterocycles. The van der Waals surface area contributed by atoms with Crippen LogP contribution in [0, 0.1) is 0 Å². The van der Waals surface area contributed by atoms with Gasteiger partial charge in [-0.05, 0) is 13.3 Å². The molecule has 15 heavy (non-hydrogen) atoms. The Balaban J connectivity index is 2.12. The van der Waals surface area contributed by atoms with E-state index in [1.165, 1.54) is 0 Å². The van der Waals surface area contributed by atoms with Gasteiger partial charge in [0.05, 0.1) is 12.6 Å². The van der Waals surface area contributed by atoms with Gasteiger partial charge in [0.1, 0.15) is 5.82 Å². The van der Waals surface area contributed by atoms with Crippen LogP contribution in [-0.2, 0) is 17.8 Å². The van der Waals surface area contributed by atoms with E-state index in [2.05, 4.69) is 20.1 Å². The molecule has 1 aliphatic rings. The average molecular weight is 209 g/mol. The van der Waals surface area contributed by atoms with Crippen molar-refractivity contribution in [1.82, 2.24) is 20.1 Å². The predicted molar refractivity (Wildman–Crippen MR) is 54.0 cm³/mol. The number of hydrogen-bond acceptors (Lipinski definition) is 4. The number of hydrogen-bond donors (Lipinski definition) is 2. The van der Waals surface area contributed by atoms with E-state index in [-0.39, 0.29) is 18.5 Å². The first-order chi connectivity index (χ1) is 7.22. The van der Waals surface area contributed by atoms with Crippen LogP contribution in [-0.4, -0.2) is 27.2 Å². The van der Waals surface area contributed by atoms with Gasteiger partial charge in [0.25, 0.3) is 0 Å². The van der Waals surface area contributed by atoms with Crippen LogP contribution in [0.2, 0.25) is 0 Å². The summed E-state index contributed by atoms with van der Waals surface area (Å²) in [5, 5.41) is 10.9. The molecule has 1 unspecified atom stereocenters. The largest absolute Gasteiger partial charge is 0.345 e. The predicted octanol–water partition coefficient (Wildman–Crippen LogP) is -0.640. The summed E-state index contributed by atoms with van der Waals surface area (Å²) < 4.78 is 2.07. The molecule has 0 aliphatic carbocycles. The third kappa shape index (κ3) is 1.85. The van der Waals surface area contributed by atoms with Gasteiger partial charge in [0.15, 0.2) is 5.82 Å². The van der Waals surface area contributed by atoms with E-state index in [4.69, 9.17) is 5.73 Å². The van der Waals surface area contributed by atoms with E-state index >= 15 is 0 Å². The quantitative estimate of drug-likeness (QED) is 0.693. The van der Waals surface area contributed by atoms with Crippen molar-refractivity contribution in [2.24, 2.45) is 5.73 Å². The van der Waals surface area contributed by atoms with Gasteiger partial charge in [-0.3, -0.25) is 4.79 Å². The molecule has 0 radical (unpaired) electrons. The van der Waals surface area contributed by atoms with Gasteiger partial charge in [-0.15, -0.1) is 10.2 Å². The van der Waals surface area contributed by atoms with Gasteiger partial charge >= 0.3 is 0 Å². The Hall–Kier alpha value is -1.43.